The lowest BCUT2D eigenvalue weighted by Crippen LogP contribution is -2.39. The Hall–Kier alpha value is -1.83. The maximum Gasteiger partial charge on any atom is 0.410 e. The Morgan fingerprint density at radius 1 is 1.38 bits per heavy atom. The monoisotopic (exact) mass is 366 g/mol. The third-order valence-corrected chi connectivity index (χ3v) is 4.19. The fourth-order valence-electron chi connectivity index (χ4n) is 2.77. The largest absolute Gasteiger partial charge is 0.444 e. The van der Waals surface area contributed by atoms with Gasteiger partial charge in [-0.2, -0.15) is 0 Å². The lowest BCUT2D eigenvalue weighted by Gasteiger charge is -2.28. The molecule has 0 bridgehead atoms. The summed E-state index contributed by atoms with van der Waals surface area (Å²) in [7, 11) is 3.50. The molecule has 1 aliphatic rings. The Kier molecular flexibility index (Phi) is 8.33. The van der Waals surface area contributed by atoms with E-state index >= 15 is 0 Å². The molecule has 0 spiro atoms. The van der Waals surface area contributed by atoms with Crippen molar-refractivity contribution in [2.75, 3.05) is 32.1 Å². The number of anilines is 1. The van der Waals surface area contributed by atoms with Crippen molar-refractivity contribution in [2.24, 2.45) is 5.73 Å². The third-order valence-electron chi connectivity index (χ3n) is 4.19. The second-order valence-corrected chi connectivity index (χ2v) is 7.58. The number of hydrogen-bond donors (Lipinski definition) is 3. The summed E-state index contributed by atoms with van der Waals surface area (Å²) >= 11 is 0. The molecule has 1 amide bonds. The number of nitrogens with one attached hydrogen (secondary N) is 1. The summed E-state index contributed by atoms with van der Waals surface area (Å²) in [6.07, 6.45) is 0.728. The van der Waals surface area contributed by atoms with Crippen molar-refractivity contribution in [1.29, 1.82) is 0 Å². The highest BCUT2D eigenvalue weighted by Gasteiger charge is 2.31. The first-order valence-electron chi connectivity index (χ1n) is 8.96. The smallest absolute Gasteiger partial charge is 0.410 e. The summed E-state index contributed by atoms with van der Waals surface area (Å²) in [5.41, 5.74) is 9.47. The van der Waals surface area contributed by atoms with Gasteiger partial charge in [0.2, 0.25) is 0 Å². The molecule has 1 heterocycles. The van der Waals surface area contributed by atoms with Gasteiger partial charge in [-0.1, -0.05) is 12.1 Å². The summed E-state index contributed by atoms with van der Waals surface area (Å²) in [5.74, 6) is 0. The molecule has 1 aromatic carbocycles. The Bertz CT molecular complexity index is 555. The van der Waals surface area contributed by atoms with Crippen LogP contribution in [0.5, 0.6) is 0 Å². The summed E-state index contributed by atoms with van der Waals surface area (Å²) < 4.78 is 5.45. The van der Waals surface area contributed by atoms with Gasteiger partial charge in [0.1, 0.15) is 5.60 Å². The van der Waals surface area contributed by atoms with Crippen LogP contribution in [-0.2, 0) is 4.74 Å². The van der Waals surface area contributed by atoms with Crippen LogP contribution in [0.15, 0.2) is 24.3 Å². The number of ether oxygens (including phenoxy) is 1. The first kappa shape index (κ1) is 22.2. The van der Waals surface area contributed by atoms with E-state index in [4.69, 9.17) is 15.7 Å². The maximum absolute atomic E-state index is 12.2. The third kappa shape index (κ3) is 6.82. The molecule has 1 aromatic rings. The predicted molar refractivity (Wildman–Crippen MR) is 105 cm³/mol. The first-order valence-corrected chi connectivity index (χ1v) is 8.96. The Balaban J connectivity index is 0.00000105. The van der Waals surface area contributed by atoms with E-state index in [9.17, 15) is 4.79 Å². The highest BCUT2D eigenvalue weighted by molar-refractivity contribution is 5.68. The summed E-state index contributed by atoms with van der Waals surface area (Å²) in [5, 5.41) is 7.32. The molecule has 2 atom stereocenters. The number of rotatable bonds is 3. The molecule has 2 rings (SSSR count). The Labute approximate surface area is 157 Å². The highest BCUT2D eigenvalue weighted by atomic mass is 16.6. The molecular weight excluding hydrogens is 332 g/mol. The minimum absolute atomic E-state index is 0.0449. The predicted octanol–water partition coefficient (Wildman–Crippen LogP) is 2.75. The zero-order valence-corrected chi connectivity index (χ0v) is 16.8. The van der Waals surface area contributed by atoms with Crippen LogP contribution in [0.3, 0.4) is 0 Å². The molecule has 1 fully saturated rings. The molecule has 4 N–H and O–H groups in total. The van der Waals surface area contributed by atoms with E-state index in [0.29, 0.717) is 12.6 Å². The molecule has 7 heteroatoms. The zero-order valence-electron chi connectivity index (χ0n) is 16.8. The van der Waals surface area contributed by atoms with E-state index in [-0.39, 0.29) is 12.1 Å². The van der Waals surface area contributed by atoms with E-state index in [1.165, 1.54) is 7.05 Å². The quantitative estimate of drug-likeness (QED) is 0.713. The number of amides is 1. The fraction of sp³-hybridized carbons (Fsp3) is 0.632. The number of nitrogens with two attached hydrogens (primary N) is 1. The second-order valence-electron chi connectivity index (χ2n) is 7.58. The van der Waals surface area contributed by atoms with Gasteiger partial charge in [-0.05, 0) is 51.8 Å². The van der Waals surface area contributed by atoms with Crippen LogP contribution < -0.4 is 16.1 Å². The van der Waals surface area contributed by atoms with Crippen molar-refractivity contribution in [2.45, 2.75) is 51.8 Å². The lowest BCUT2D eigenvalue weighted by atomic mass is 10.1. The molecule has 26 heavy (non-hydrogen) atoms. The molecule has 7 nitrogen and oxygen atoms in total. The van der Waals surface area contributed by atoms with Crippen molar-refractivity contribution in [3.05, 3.63) is 29.8 Å². The normalized spacial score (nSPS) is 18.0. The van der Waals surface area contributed by atoms with Gasteiger partial charge in [-0.3, -0.25) is 0 Å². The van der Waals surface area contributed by atoms with E-state index in [1.807, 2.05) is 27.7 Å². The maximum atomic E-state index is 12.2. The molecule has 2 unspecified atom stereocenters. The number of hydroxylamine groups is 1. The zero-order chi connectivity index (χ0) is 19.9. The number of nitrogens with zero attached hydrogens (tertiary/aromatic N) is 2. The van der Waals surface area contributed by atoms with Crippen molar-refractivity contribution in [3.63, 3.8) is 0 Å². The van der Waals surface area contributed by atoms with Crippen LogP contribution in [0.1, 0.15) is 45.7 Å². The van der Waals surface area contributed by atoms with Gasteiger partial charge in [0.25, 0.3) is 0 Å². The van der Waals surface area contributed by atoms with Gasteiger partial charge in [0, 0.05) is 45.0 Å². The number of benzene rings is 1. The first-order chi connectivity index (χ1) is 12.1. The molecule has 148 valence electrons. The van der Waals surface area contributed by atoms with Crippen molar-refractivity contribution in [1.82, 2.24) is 10.4 Å². The number of likely N-dealkylation sites (N-methyl/N-ethyl adjacent to an activating group) is 1. The van der Waals surface area contributed by atoms with Crippen LogP contribution in [0.25, 0.3) is 0 Å². The lowest BCUT2D eigenvalue weighted by molar-refractivity contribution is 0.0292. The number of hydrogen-bond acceptors (Lipinski definition) is 6. The van der Waals surface area contributed by atoms with Gasteiger partial charge < -0.3 is 25.5 Å². The summed E-state index contributed by atoms with van der Waals surface area (Å²) in [6, 6.07) is 8.67. The van der Waals surface area contributed by atoms with Crippen LogP contribution in [-0.4, -0.2) is 55.0 Å². The summed E-state index contributed by atoms with van der Waals surface area (Å²) in [6.45, 7) is 9.09. The molecule has 0 aliphatic carbocycles. The van der Waals surface area contributed by atoms with E-state index in [1.54, 1.807) is 10.4 Å². The Morgan fingerprint density at radius 2 is 1.92 bits per heavy atom. The van der Waals surface area contributed by atoms with E-state index in [2.05, 4.69) is 36.2 Å². The molecule has 1 aliphatic heterocycles. The van der Waals surface area contributed by atoms with Crippen LogP contribution >= 0.6 is 0 Å². The van der Waals surface area contributed by atoms with Gasteiger partial charge in [-0.25, -0.2) is 10.3 Å². The topological polar surface area (TPSA) is 91.1 Å². The molecule has 0 radical (unpaired) electrons. The van der Waals surface area contributed by atoms with E-state index < -0.39 is 5.60 Å². The van der Waals surface area contributed by atoms with E-state index in [0.717, 1.165) is 24.2 Å². The molecular formula is C19H34N4O3. The number of carbonyl (C=O) groups is 1. The van der Waals surface area contributed by atoms with Gasteiger partial charge in [-0.15, -0.1) is 0 Å². The van der Waals surface area contributed by atoms with Crippen molar-refractivity contribution >= 4 is 11.8 Å². The minimum atomic E-state index is -0.449. The van der Waals surface area contributed by atoms with Gasteiger partial charge in [0.15, 0.2) is 0 Å². The SMILES string of the molecule is CC(N)c1ccc(N(C)C2CCN(C(=O)OC(C)(C)C)C2)cc1.CNO. The number of likely N-dealkylation sites (tertiary alicyclic amines) is 1. The average Bonchev–Trinajstić information content (AvgIpc) is 3.03. The van der Waals surface area contributed by atoms with Crippen LogP contribution in [0.2, 0.25) is 0 Å². The Morgan fingerprint density at radius 3 is 2.38 bits per heavy atom. The van der Waals surface area contributed by atoms with Crippen LogP contribution in [0.4, 0.5) is 10.5 Å². The van der Waals surface area contributed by atoms with Crippen molar-refractivity contribution in [3.8, 4) is 0 Å². The number of carbonyl (C=O) groups excluding carboxylic acids is 1. The standard InChI is InChI=1S/C18H29N3O2.CH5NO/c1-13(19)14-6-8-15(9-7-14)20(5)16-10-11-21(12-16)17(22)23-18(2,3)4;1-2-3/h6-9,13,16H,10-12,19H2,1-5H3;2-3H,1H3. The van der Waals surface area contributed by atoms with Gasteiger partial charge >= 0.3 is 6.09 Å². The molecule has 0 aromatic heterocycles. The molecule has 1 saturated heterocycles. The average molecular weight is 367 g/mol. The second kappa shape index (κ2) is 9.75. The van der Waals surface area contributed by atoms with Gasteiger partial charge in [0.05, 0.1) is 0 Å². The van der Waals surface area contributed by atoms with Crippen molar-refractivity contribution < 1.29 is 14.7 Å². The van der Waals surface area contributed by atoms with Crippen LogP contribution in [0, 0.1) is 0 Å². The summed E-state index contributed by atoms with van der Waals surface area (Å²) in [4.78, 5) is 16.2. The molecule has 0 saturated carbocycles. The highest BCUT2D eigenvalue weighted by Crippen LogP contribution is 2.24. The minimum Gasteiger partial charge on any atom is -0.444 e. The fourth-order valence-corrected chi connectivity index (χ4v) is 2.77.